The van der Waals surface area contributed by atoms with E-state index in [9.17, 15) is 0 Å². The van der Waals surface area contributed by atoms with Crippen LogP contribution in [0.15, 0.2) is 0 Å². The van der Waals surface area contributed by atoms with Crippen molar-refractivity contribution < 1.29 is 0 Å². The molecule has 0 N–H and O–H groups in total. The average molecular weight is 429 g/mol. The van der Waals surface area contributed by atoms with Crippen molar-refractivity contribution in [3.63, 3.8) is 0 Å². The van der Waals surface area contributed by atoms with Crippen LogP contribution >= 0.6 is 44.3 Å². The van der Waals surface area contributed by atoms with Gasteiger partial charge in [-0.15, -0.1) is 44.3 Å². The minimum absolute atomic E-state index is 0. The topological polar surface area (TPSA) is 0 Å². The van der Waals surface area contributed by atoms with E-state index >= 15 is 0 Å². The summed E-state index contributed by atoms with van der Waals surface area (Å²) >= 11 is 19.9. The van der Waals surface area contributed by atoms with Gasteiger partial charge in [0, 0.05) is 0 Å². The van der Waals surface area contributed by atoms with Crippen LogP contribution in [0.25, 0.3) is 0 Å². The zero-order chi connectivity index (χ0) is 4.50. The van der Waals surface area contributed by atoms with E-state index in [0.29, 0.717) is 0 Å². The van der Waals surface area contributed by atoms with Crippen molar-refractivity contribution in [2.45, 2.75) is 0 Å². The number of rotatable bonds is 0. The molecule has 0 fully saturated rings. The van der Waals surface area contributed by atoms with Gasteiger partial charge in [0.1, 0.15) is 0 Å². The Morgan fingerprint density at radius 1 is 0.833 bits per heavy atom. The maximum absolute atomic E-state index is 4.97. The fourth-order valence-electron chi connectivity index (χ4n) is 0. The average Bonchev–Trinajstić information content (AvgIpc) is 0.722. The van der Waals surface area contributed by atoms with Gasteiger partial charge < -0.3 is 0 Å². The molecule has 0 amide bonds. The maximum Gasteiger partial charge on any atom is 0.440 e. The Balaban J connectivity index is 0. The van der Waals surface area contributed by atoms with Gasteiger partial charge in [0.2, 0.25) is 0 Å². The van der Waals surface area contributed by atoms with Crippen LogP contribution < -0.4 is 0 Å². The zero-order valence-electron chi connectivity index (χ0n) is 2.28. The molecule has 0 rings (SSSR count). The van der Waals surface area contributed by atoms with Crippen molar-refractivity contribution in [2.24, 2.45) is 0 Å². The molecule has 0 aromatic heterocycles. The van der Waals surface area contributed by atoms with Crippen molar-refractivity contribution in [3.8, 4) is 0 Å². The molecule has 0 aliphatic rings. The summed E-state index contributed by atoms with van der Waals surface area (Å²) in [6, 6.07) is 0. The van der Waals surface area contributed by atoms with Crippen molar-refractivity contribution in [1.29, 1.82) is 0 Å². The minimum atomic E-state index is -2.72. The van der Waals surface area contributed by atoms with E-state index in [-0.39, 0.29) is 0 Å². The predicted molar refractivity (Wildman–Crippen MR) is 29.2 cm³/mol. The first kappa shape index (κ1) is 9.62. The van der Waals surface area contributed by atoms with Gasteiger partial charge in [-0.05, 0) is 0 Å². The van der Waals surface area contributed by atoms with Gasteiger partial charge in [-0.1, -0.05) is 0 Å². The molecular weight excluding hydrogens is 429 g/mol. The van der Waals surface area contributed by atoms with E-state index in [1.165, 1.54) is 0 Å². The van der Waals surface area contributed by atoms with E-state index in [0.717, 1.165) is 0 Å². The molecule has 0 heterocycles. The fourth-order valence-corrected chi connectivity index (χ4v) is 0. The van der Waals surface area contributed by atoms with Crippen molar-refractivity contribution in [1.82, 2.24) is 0 Å². The second-order valence-electron chi connectivity index (χ2n) is 0.429. The third-order valence-corrected chi connectivity index (χ3v) is 0. The second kappa shape index (κ2) is 2.53. The molecule has 0 unspecified atom stereocenters. The molecule has 0 radical (unpaired) electrons. The van der Waals surface area contributed by atoms with Gasteiger partial charge in [-0.25, -0.2) is 0 Å². The third-order valence-electron chi connectivity index (χ3n) is 0. The van der Waals surface area contributed by atoms with Crippen LogP contribution in [0.2, 0.25) is 0 Å². The summed E-state index contributed by atoms with van der Waals surface area (Å²) in [5.74, 6) is 0. The van der Waals surface area contributed by atoms with E-state index in [1.54, 1.807) is 0 Å². The molecule has 0 saturated carbocycles. The monoisotopic (exact) mass is 427 g/mol. The molecule has 0 aliphatic carbocycles. The van der Waals surface area contributed by atoms with E-state index in [2.05, 4.69) is 0 Å². The Morgan fingerprint density at radius 2 is 0.833 bits per heavy atom. The smallest absolute Gasteiger partial charge is 0.110 e. The Bertz CT molecular complexity index is 23.0. The van der Waals surface area contributed by atoms with Crippen LogP contribution in [0.3, 0.4) is 0 Å². The van der Waals surface area contributed by atoms with Crippen molar-refractivity contribution in [2.75, 3.05) is 0 Å². The summed E-state index contributed by atoms with van der Waals surface area (Å²) in [6.07, 6.45) is 0. The van der Waals surface area contributed by atoms with E-state index in [1.807, 2.05) is 0 Å². The Labute approximate surface area is 49.8 Å². The molecule has 0 atom stereocenters. The van der Waals surface area contributed by atoms with Crippen LogP contribution in [-0.4, -0.2) is 5.31 Å². The molecule has 46 valence electrons. The van der Waals surface area contributed by atoms with Gasteiger partial charge in [-0.2, -0.15) is 0 Å². The summed E-state index contributed by atoms with van der Waals surface area (Å²) < 4.78 is 0. The van der Waals surface area contributed by atoms with Gasteiger partial charge in [0.25, 0.3) is 0 Å². The first-order valence-corrected chi connectivity index (χ1v) is 6.80. The maximum atomic E-state index is 4.97. The van der Waals surface area contributed by atoms with Crippen LogP contribution in [0.4, 0.5) is 0 Å². The standard InChI is InChI=1S/Cl4Si.No/c1-5(2,3)4;. The van der Waals surface area contributed by atoms with Gasteiger partial charge in [-0.3, -0.25) is 0 Å². The molecule has 6 heavy (non-hydrogen) atoms. The van der Waals surface area contributed by atoms with Crippen LogP contribution in [0.5, 0.6) is 0 Å². The number of hydrogen-bond donors (Lipinski definition) is 0. The first-order valence-electron chi connectivity index (χ1n) is 0.756. The van der Waals surface area contributed by atoms with Crippen LogP contribution in [0.1, 0.15) is 0 Å². The fraction of sp³-hybridized carbons (Fsp3) is 0. The summed E-state index contributed by atoms with van der Waals surface area (Å²) in [4.78, 5) is 0. The Kier molecular flexibility index (Phi) is 4.06. The molecule has 0 aliphatic heterocycles. The Hall–Kier alpha value is 0.377. The SMILES string of the molecule is Cl[Si](Cl)(Cl)Cl.[No]. The van der Waals surface area contributed by atoms with E-state index in [4.69, 9.17) is 44.3 Å². The molecule has 6 heteroatoms. The summed E-state index contributed by atoms with van der Waals surface area (Å²) in [5.41, 5.74) is 0. The molecule has 0 bridgehead atoms. The number of hydrogen-bond acceptors (Lipinski definition) is 0. The number of halogens is 4. The van der Waals surface area contributed by atoms with Crippen LogP contribution in [-0.2, 0) is 0 Å². The summed E-state index contributed by atoms with van der Waals surface area (Å²) in [6.45, 7) is 0. The predicted octanol–water partition coefficient (Wildman–Crippen LogP) is 2.38. The Morgan fingerprint density at radius 3 is 0.833 bits per heavy atom. The zero-order valence-corrected chi connectivity index (χ0v) is 8.53. The third kappa shape index (κ3) is 351. The molecule has 0 aromatic carbocycles. The molecule has 0 spiro atoms. The quantitative estimate of drug-likeness (QED) is 0.410. The molecule has 0 aromatic rings. The summed E-state index contributed by atoms with van der Waals surface area (Å²) in [7, 11) is 0. The normalized spacial score (nSPS) is 10.0. The van der Waals surface area contributed by atoms with Gasteiger partial charge in [0.05, 0.1) is 0 Å². The minimum Gasteiger partial charge on any atom is -0.110 e. The van der Waals surface area contributed by atoms with Gasteiger partial charge >= 0.3 is 5.31 Å². The summed E-state index contributed by atoms with van der Waals surface area (Å²) in [5, 5.41) is -2.72. The largest absolute Gasteiger partial charge is 0.440 e. The second-order valence-corrected chi connectivity index (χ2v) is 11.6. The van der Waals surface area contributed by atoms with Crippen LogP contribution in [0, 0.1) is 0 Å². The van der Waals surface area contributed by atoms with Crippen molar-refractivity contribution in [3.05, 3.63) is 0 Å². The van der Waals surface area contributed by atoms with E-state index < -0.39 is 5.31 Å². The first-order chi connectivity index (χ1) is 2.00. The molecular formula is Cl4NoSi. The molecule has 0 nitrogen and oxygen atoms in total. The van der Waals surface area contributed by atoms with Crippen molar-refractivity contribution >= 4 is 49.6 Å². The molecule has 0 saturated heterocycles. The van der Waals surface area contributed by atoms with Gasteiger partial charge in [0.15, 0.2) is 0 Å².